The zero-order chi connectivity index (χ0) is 27.8. The minimum absolute atomic E-state index is 0.197. The number of carbonyl (C=O) groups excluding carboxylic acids is 4. The van der Waals surface area contributed by atoms with E-state index in [0.717, 1.165) is 36.1 Å². The molecule has 9 nitrogen and oxygen atoms in total. The molecule has 0 aliphatic heterocycles. The van der Waals surface area contributed by atoms with Crippen molar-refractivity contribution < 1.29 is 28.7 Å². The zero-order valence-corrected chi connectivity index (χ0v) is 22.7. The molecule has 0 bridgehead atoms. The van der Waals surface area contributed by atoms with E-state index in [1.165, 1.54) is 17.6 Å². The van der Waals surface area contributed by atoms with Crippen molar-refractivity contribution in [2.45, 2.75) is 39.0 Å². The van der Waals surface area contributed by atoms with Gasteiger partial charge in [-0.1, -0.05) is 30.2 Å². The lowest BCUT2D eigenvalue weighted by Gasteiger charge is -2.08. The number of rotatable bonds is 7. The summed E-state index contributed by atoms with van der Waals surface area (Å²) < 4.78 is 10.7. The molecule has 202 valence electrons. The summed E-state index contributed by atoms with van der Waals surface area (Å²) >= 11 is 7.16. The highest BCUT2D eigenvalue weighted by atomic mass is 35.5. The first-order chi connectivity index (χ1) is 18.9. The van der Waals surface area contributed by atoms with Gasteiger partial charge in [-0.25, -0.2) is 15.0 Å². The van der Waals surface area contributed by atoms with Crippen molar-refractivity contribution in [1.29, 1.82) is 0 Å². The zero-order valence-electron chi connectivity index (χ0n) is 21.1. The van der Waals surface area contributed by atoms with Gasteiger partial charge in [0, 0.05) is 15.5 Å². The Labute approximate surface area is 234 Å². The van der Waals surface area contributed by atoms with E-state index in [9.17, 15) is 19.2 Å². The molecule has 1 aliphatic rings. The predicted molar refractivity (Wildman–Crippen MR) is 149 cm³/mol. The first-order valence-electron chi connectivity index (χ1n) is 12.4. The van der Waals surface area contributed by atoms with E-state index in [-0.39, 0.29) is 12.4 Å². The fourth-order valence-corrected chi connectivity index (χ4v) is 5.44. The molecule has 1 heterocycles. The summed E-state index contributed by atoms with van der Waals surface area (Å²) in [5, 5.41) is 7.17. The third-order valence-corrected chi connectivity index (χ3v) is 7.36. The number of hydrogen-bond acceptors (Lipinski definition) is 8. The van der Waals surface area contributed by atoms with E-state index in [1.54, 1.807) is 55.5 Å². The molecule has 2 aromatic carbocycles. The second kappa shape index (κ2) is 13.2. The normalized spacial score (nSPS) is 12.8. The van der Waals surface area contributed by atoms with Gasteiger partial charge in [0.05, 0.1) is 23.9 Å². The number of para-hydroxylation sites is 1. The van der Waals surface area contributed by atoms with Crippen molar-refractivity contribution in [3.63, 3.8) is 0 Å². The SMILES string of the molecule is CCOC(=O)c1c(NC(=O)C(=O)NN=Cc2ccccc2OC(=O)c2ccc(Cl)cc2)sc2c1CCCCC2. The summed E-state index contributed by atoms with van der Waals surface area (Å²) in [6, 6.07) is 12.8. The molecule has 0 saturated heterocycles. The molecular weight excluding hydrogens is 542 g/mol. The first kappa shape index (κ1) is 28.0. The number of ether oxygens (including phenoxy) is 2. The molecule has 0 radical (unpaired) electrons. The minimum atomic E-state index is -1.03. The van der Waals surface area contributed by atoms with Crippen LogP contribution in [0.5, 0.6) is 5.75 Å². The van der Waals surface area contributed by atoms with Crippen LogP contribution in [-0.2, 0) is 27.2 Å². The first-order valence-corrected chi connectivity index (χ1v) is 13.6. The smallest absolute Gasteiger partial charge is 0.343 e. The van der Waals surface area contributed by atoms with Crippen molar-refractivity contribution in [2.75, 3.05) is 11.9 Å². The van der Waals surface area contributed by atoms with Gasteiger partial charge in [-0.15, -0.1) is 11.3 Å². The number of hydrazone groups is 1. The van der Waals surface area contributed by atoms with Gasteiger partial charge in [-0.3, -0.25) is 9.59 Å². The number of benzene rings is 2. The van der Waals surface area contributed by atoms with Crippen LogP contribution in [-0.4, -0.2) is 36.6 Å². The highest BCUT2D eigenvalue weighted by Crippen LogP contribution is 2.38. The van der Waals surface area contributed by atoms with Crippen molar-refractivity contribution >= 4 is 57.9 Å². The van der Waals surface area contributed by atoms with Gasteiger partial charge in [0.1, 0.15) is 10.8 Å². The molecule has 11 heteroatoms. The second-order valence-electron chi connectivity index (χ2n) is 8.58. The number of nitrogens with zero attached hydrogens (tertiary/aromatic N) is 1. The summed E-state index contributed by atoms with van der Waals surface area (Å²) in [5.41, 5.74) is 4.07. The van der Waals surface area contributed by atoms with Crippen LogP contribution in [0.3, 0.4) is 0 Å². The Hall–Kier alpha value is -4.02. The third kappa shape index (κ3) is 7.10. The lowest BCUT2D eigenvalue weighted by molar-refractivity contribution is -0.136. The van der Waals surface area contributed by atoms with Crippen molar-refractivity contribution in [1.82, 2.24) is 5.43 Å². The maximum atomic E-state index is 12.7. The Kier molecular flexibility index (Phi) is 9.45. The van der Waals surface area contributed by atoms with Crippen LogP contribution >= 0.6 is 22.9 Å². The molecule has 0 atom stereocenters. The highest BCUT2D eigenvalue weighted by Gasteiger charge is 2.28. The van der Waals surface area contributed by atoms with Crippen LogP contribution in [0.15, 0.2) is 53.6 Å². The lowest BCUT2D eigenvalue weighted by atomic mass is 10.1. The van der Waals surface area contributed by atoms with Crippen molar-refractivity contribution in [3.8, 4) is 5.75 Å². The fraction of sp³-hybridized carbons (Fsp3) is 0.250. The van der Waals surface area contributed by atoms with Gasteiger partial charge in [0.25, 0.3) is 0 Å². The molecule has 4 rings (SSSR count). The maximum absolute atomic E-state index is 12.7. The van der Waals surface area contributed by atoms with E-state index in [0.29, 0.717) is 33.1 Å². The Morgan fingerprint density at radius 2 is 1.72 bits per heavy atom. The molecule has 3 aromatic rings. The number of nitrogens with one attached hydrogen (secondary N) is 2. The average molecular weight is 568 g/mol. The van der Waals surface area contributed by atoms with E-state index in [2.05, 4.69) is 15.8 Å². The monoisotopic (exact) mass is 567 g/mol. The number of aryl methyl sites for hydroxylation is 1. The molecule has 39 heavy (non-hydrogen) atoms. The largest absolute Gasteiger partial charge is 0.462 e. The summed E-state index contributed by atoms with van der Waals surface area (Å²) in [5.74, 6) is -2.91. The van der Waals surface area contributed by atoms with Gasteiger partial charge < -0.3 is 14.8 Å². The Morgan fingerprint density at radius 3 is 2.49 bits per heavy atom. The Balaban J connectivity index is 1.42. The van der Waals surface area contributed by atoms with Gasteiger partial charge in [0.15, 0.2) is 0 Å². The Morgan fingerprint density at radius 1 is 0.974 bits per heavy atom. The van der Waals surface area contributed by atoms with Gasteiger partial charge in [-0.2, -0.15) is 5.10 Å². The van der Waals surface area contributed by atoms with Gasteiger partial charge in [-0.05, 0) is 74.6 Å². The number of thiophene rings is 1. The quantitative estimate of drug-likeness (QED) is 0.102. The predicted octanol–water partition coefficient (Wildman–Crippen LogP) is 5.16. The maximum Gasteiger partial charge on any atom is 0.343 e. The van der Waals surface area contributed by atoms with E-state index in [4.69, 9.17) is 21.1 Å². The van der Waals surface area contributed by atoms with Gasteiger partial charge >= 0.3 is 23.8 Å². The number of halogens is 1. The standard InChI is InChI=1S/C28H26ClN3O6S/c1-2-37-28(36)23-20-9-4-3-5-11-22(20)39-26(23)31-24(33)25(34)32-30-16-18-8-6-7-10-21(18)38-27(35)17-12-14-19(29)15-13-17/h6-8,10,12-16H,2-5,9,11H2,1H3,(H,31,33)(H,32,34). The van der Waals surface area contributed by atoms with Crippen LogP contribution in [0.2, 0.25) is 5.02 Å². The van der Waals surface area contributed by atoms with Crippen LogP contribution in [0.25, 0.3) is 0 Å². The molecular formula is C28H26ClN3O6S. The molecule has 1 aliphatic carbocycles. The molecule has 2 amide bonds. The second-order valence-corrected chi connectivity index (χ2v) is 10.1. The van der Waals surface area contributed by atoms with Crippen molar-refractivity contribution in [2.24, 2.45) is 5.10 Å². The lowest BCUT2D eigenvalue weighted by Crippen LogP contribution is -2.32. The van der Waals surface area contributed by atoms with Crippen LogP contribution in [0, 0.1) is 0 Å². The molecule has 0 spiro atoms. The number of amides is 2. The fourth-order valence-electron chi connectivity index (χ4n) is 4.05. The number of carbonyl (C=O) groups is 4. The number of hydrogen-bond donors (Lipinski definition) is 2. The van der Waals surface area contributed by atoms with Crippen LogP contribution < -0.4 is 15.5 Å². The molecule has 1 aromatic heterocycles. The molecule has 2 N–H and O–H groups in total. The minimum Gasteiger partial charge on any atom is -0.462 e. The third-order valence-electron chi connectivity index (χ3n) is 5.91. The molecule has 0 fully saturated rings. The number of anilines is 1. The number of esters is 2. The summed E-state index contributed by atoms with van der Waals surface area (Å²) in [6.45, 7) is 1.91. The average Bonchev–Trinajstić information content (AvgIpc) is 3.09. The van der Waals surface area contributed by atoms with Gasteiger partial charge in [0.2, 0.25) is 0 Å². The van der Waals surface area contributed by atoms with Crippen LogP contribution in [0.4, 0.5) is 5.00 Å². The Bertz CT molecular complexity index is 1420. The topological polar surface area (TPSA) is 123 Å². The van der Waals surface area contributed by atoms with Crippen LogP contribution in [0.1, 0.15) is 62.9 Å². The van der Waals surface area contributed by atoms with Crippen molar-refractivity contribution in [3.05, 3.63) is 80.7 Å². The summed E-state index contributed by atoms with van der Waals surface area (Å²) in [7, 11) is 0. The van der Waals surface area contributed by atoms with E-state index < -0.39 is 23.8 Å². The number of fused-ring (bicyclic) bond motifs is 1. The molecule has 0 unspecified atom stereocenters. The van der Waals surface area contributed by atoms with E-state index in [1.807, 2.05) is 0 Å². The molecule has 0 saturated carbocycles. The summed E-state index contributed by atoms with van der Waals surface area (Å²) in [4.78, 5) is 51.3. The summed E-state index contributed by atoms with van der Waals surface area (Å²) in [6.07, 6.45) is 5.78. The highest BCUT2D eigenvalue weighted by molar-refractivity contribution is 7.17. The van der Waals surface area contributed by atoms with E-state index >= 15 is 0 Å².